The maximum absolute atomic E-state index is 6.29. The molecule has 0 spiro atoms. The molecule has 0 unspecified atom stereocenters. The Labute approximate surface area is 282 Å². The second-order valence-electron chi connectivity index (χ2n) is 12.4. The summed E-state index contributed by atoms with van der Waals surface area (Å²) in [6, 6.07) is 56.9. The zero-order valence-corrected chi connectivity index (χ0v) is 26.3. The Balaban J connectivity index is 1.25. The lowest BCUT2D eigenvalue weighted by atomic mass is 9.94. The van der Waals surface area contributed by atoms with Gasteiger partial charge in [0.25, 0.3) is 0 Å². The van der Waals surface area contributed by atoms with Gasteiger partial charge in [0, 0.05) is 32.8 Å². The second kappa shape index (κ2) is 11.0. The fraction of sp³-hybridized carbons (Fsp3) is 0. The van der Waals surface area contributed by atoms with Gasteiger partial charge in [-0.3, -0.25) is 0 Å². The quantitative estimate of drug-likeness (QED) is 0.183. The van der Waals surface area contributed by atoms with E-state index in [1.165, 1.54) is 21.9 Å². The zero-order chi connectivity index (χ0) is 32.3. The maximum Gasteiger partial charge on any atom is 0.164 e. The molecule has 49 heavy (non-hydrogen) atoms. The third kappa shape index (κ3) is 4.49. The van der Waals surface area contributed by atoms with Crippen molar-refractivity contribution in [2.24, 2.45) is 0 Å². The monoisotopic (exact) mass is 625 g/mol. The number of hydrogen-bond donors (Lipinski definition) is 0. The minimum absolute atomic E-state index is 0.593. The van der Waals surface area contributed by atoms with Crippen LogP contribution in [0.1, 0.15) is 0 Å². The molecule has 0 saturated heterocycles. The zero-order valence-electron chi connectivity index (χ0n) is 26.3. The predicted octanol–water partition coefficient (Wildman–Crippen LogP) is 11.9. The van der Waals surface area contributed by atoms with E-state index in [1.54, 1.807) is 0 Å². The third-order valence-electron chi connectivity index (χ3n) is 9.53. The van der Waals surface area contributed by atoms with Crippen molar-refractivity contribution >= 4 is 54.3 Å². The van der Waals surface area contributed by atoms with Gasteiger partial charge in [-0.15, -0.1) is 0 Å². The number of aromatic nitrogens is 3. The first-order valence-corrected chi connectivity index (χ1v) is 16.4. The van der Waals surface area contributed by atoms with Gasteiger partial charge in [-0.25, -0.2) is 15.0 Å². The van der Waals surface area contributed by atoms with Crippen molar-refractivity contribution in [2.45, 2.75) is 0 Å². The number of para-hydroxylation sites is 1. The van der Waals surface area contributed by atoms with E-state index in [9.17, 15) is 0 Å². The standard InChI is InChI=1S/C45H27N3O/c1-2-11-28(12-3-1)32-25-26-38(35-17-7-6-16-34(32)35)44-46-43(31-23-24-37-36-18-8-9-20-40(36)49-41(37)27-31)47-45(48-44)39-19-10-14-30-22-21-29-13-4-5-15-33(29)42(30)39/h1-27H. The maximum atomic E-state index is 6.29. The Morgan fingerprint density at radius 3 is 1.80 bits per heavy atom. The largest absolute Gasteiger partial charge is 0.456 e. The molecule has 0 N–H and O–H groups in total. The molecule has 10 aromatic rings. The molecule has 0 fully saturated rings. The number of rotatable bonds is 4. The lowest BCUT2D eigenvalue weighted by Crippen LogP contribution is -2.01. The third-order valence-corrected chi connectivity index (χ3v) is 9.53. The van der Waals surface area contributed by atoms with Crippen molar-refractivity contribution in [3.8, 4) is 45.3 Å². The highest BCUT2D eigenvalue weighted by Crippen LogP contribution is 2.38. The highest BCUT2D eigenvalue weighted by molar-refractivity contribution is 6.14. The SMILES string of the molecule is c1ccc(-c2ccc(-c3nc(-c4ccc5c(c4)oc4ccccc45)nc(-c4cccc5ccc6ccccc6c45)n3)c3ccccc23)cc1. The molecule has 0 aliphatic rings. The average molecular weight is 626 g/mol. The molecular weight excluding hydrogens is 599 g/mol. The summed E-state index contributed by atoms with van der Waals surface area (Å²) in [4.78, 5) is 15.6. The fourth-order valence-electron chi connectivity index (χ4n) is 7.22. The van der Waals surface area contributed by atoms with Gasteiger partial charge in [-0.05, 0) is 62.3 Å². The lowest BCUT2D eigenvalue weighted by Gasteiger charge is -2.14. The van der Waals surface area contributed by atoms with Crippen LogP contribution in [0.2, 0.25) is 0 Å². The molecule has 2 aromatic heterocycles. The van der Waals surface area contributed by atoms with Gasteiger partial charge in [0.05, 0.1) is 0 Å². The summed E-state index contributed by atoms with van der Waals surface area (Å²) in [5.41, 5.74) is 6.79. The molecular formula is C45H27N3O. The van der Waals surface area contributed by atoms with Gasteiger partial charge in [0.2, 0.25) is 0 Å². The number of furan rings is 1. The highest BCUT2D eigenvalue weighted by atomic mass is 16.3. The van der Waals surface area contributed by atoms with Crippen molar-refractivity contribution < 1.29 is 4.42 Å². The average Bonchev–Trinajstić information content (AvgIpc) is 3.55. The van der Waals surface area contributed by atoms with Crippen molar-refractivity contribution in [3.05, 3.63) is 164 Å². The van der Waals surface area contributed by atoms with Gasteiger partial charge in [0.15, 0.2) is 17.5 Å². The van der Waals surface area contributed by atoms with Crippen LogP contribution >= 0.6 is 0 Å². The summed E-state index contributed by atoms with van der Waals surface area (Å²) in [5.74, 6) is 1.84. The summed E-state index contributed by atoms with van der Waals surface area (Å²) >= 11 is 0. The van der Waals surface area contributed by atoms with E-state index >= 15 is 0 Å². The Kier molecular flexibility index (Phi) is 6.15. The molecule has 4 nitrogen and oxygen atoms in total. The number of nitrogens with zero attached hydrogens (tertiary/aromatic N) is 3. The van der Waals surface area contributed by atoms with Crippen LogP contribution in [-0.4, -0.2) is 15.0 Å². The van der Waals surface area contributed by atoms with E-state index in [4.69, 9.17) is 19.4 Å². The predicted molar refractivity (Wildman–Crippen MR) is 201 cm³/mol. The van der Waals surface area contributed by atoms with Crippen molar-refractivity contribution in [3.63, 3.8) is 0 Å². The molecule has 0 atom stereocenters. The number of hydrogen-bond acceptors (Lipinski definition) is 4. The van der Waals surface area contributed by atoms with Gasteiger partial charge >= 0.3 is 0 Å². The topological polar surface area (TPSA) is 51.8 Å². The second-order valence-corrected chi connectivity index (χ2v) is 12.4. The number of fused-ring (bicyclic) bond motifs is 7. The molecule has 8 aromatic carbocycles. The molecule has 0 aliphatic carbocycles. The minimum atomic E-state index is 0.593. The molecule has 0 bridgehead atoms. The van der Waals surface area contributed by atoms with E-state index in [1.807, 2.05) is 30.3 Å². The van der Waals surface area contributed by atoms with E-state index in [2.05, 4.69) is 133 Å². The summed E-state index contributed by atoms with van der Waals surface area (Å²) in [6.07, 6.45) is 0. The molecule has 0 amide bonds. The van der Waals surface area contributed by atoms with Gasteiger partial charge in [0.1, 0.15) is 11.2 Å². The molecule has 0 radical (unpaired) electrons. The minimum Gasteiger partial charge on any atom is -0.456 e. The molecule has 4 heteroatoms. The van der Waals surface area contributed by atoms with E-state index in [0.717, 1.165) is 60.2 Å². The Bertz CT molecular complexity index is 2890. The van der Waals surface area contributed by atoms with Gasteiger partial charge < -0.3 is 4.42 Å². The Hall–Kier alpha value is -6.65. The first-order valence-electron chi connectivity index (χ1n) is 16.4. The molecule has 228 valence electrons. The summed E-state index contributed by atoms with van der Waals surface area (Å²) in [5, 5.41) is 9.00. The summed E-state index contributed by atoms with van der Waals surface area (Å²) in [6.45, 7) is 0. The van der Waals surface area contributed by atoms with Crippen LogP contribution in [0.25, 0.3) is 99.5 Å². The van der Waals surface area contributed by atoms with Crippen LogP contribution in [0.15, 0.2) is 168 Å². The van der Waals surface area contributed by atoms with Crippen LogP contribution < -0.4 is 0 Å². The molecule has 0 aliphatic heterocycles. The van der Waals surface area contributed by atoms with Crippen LogP contribution in [0.5, 0.6) is 0 Å². The van der Waals surface area contributed by atoms with Crippen LogP contribution in [0, 0.1) is 0 Å². The summed E-state index contributed by atoms with van der Waals surface area (Å²) in [7, 11) is 0. The van der Waals surface area contributed by atoms with Crippen molar-refractivity contribution in [2.75, 3.05) is 0 Å². The first kappa shape index (κ1) is 27.5. The smallest absolute Gasteiger partial charge is 0.164 e. The van der Waals surface area contributed by atoms with Crippen molar-refractivity contribution in [1.29, 1.82) is 0 Å². The van der Waals surface area contributed by atoms with Crippen molar-refractivity contribution in [1.82, 2.24) is 15.0 Å². The van der Waals surface area contributed by atoms with E-state index in [0.29, 0.717) is 17.5 Å². The normalized spacial score (nSPS) is 11.7. The lowest BCUT2D eigenvalue weighted by molar-refractivity contribution is 0.669. The Morgan fingerprint density at radius 1 is 0.327 bits per heavy atom. The molecule has 2 heterocycles. The summed E-state index contributed by atoms with van der Waals surface area (Å²) < 4.78 is 6.29. The molecule has 10 rings (SSSR count). The number of benzene rings is 8. The highest BCUT2D eigenvalue weighted by Gasteiger charge is 2.19. The van der Waals surface area contributed by atoms with E-state index in [-0.39, 0.29) is 0 Å². The molecule has 0 saturated carbocycles. The first-order chi connectivity index (χ1) is 24.3. The van der Waals surface area contributed by atoms with E-state index < -0.39 is 0 Å². The Morgan fingerprint density at radius 2 is 0.939 bits per heavy atom. The van der Waals surface area contributed by atoms with Gasteiger partial charge in [-0.2, -0.15) is 0 Å². The van der Waals surface area contributed by atoms with Crippen LogP contribution in [0.3, 0.4) is 0 Å². The van der Waals surface area contributed by atoms with Crippen LogP contribution in [0.4, 0.5) is 0 Å². The van der Waals surface area contributed by atoms with Crippen LogP contribution in [-0.2, 0) is 0 Å². The fourth-order valence-corrected chi connectivity index (χ4v) is 7.22. The van der Waals surface area contributed by atoms with Gasteiger partial charge in [-0.1, -0.05) is 140 Å².